The number of rotatable bonds is 26. The van der Waals surface area contributed by atoms with Crippen LogP contribution in [0.5, 0.6) is 0 Å². The molecule has 32 heavy (non-hydrogen) atoms. The van der Waals surface area contributed by atoms with Gasteiger partial charge in [-0.25, -0.2) is 0 Å². The molecular weight excluding hydrogens is 410 g/mol. The van der Waals surface area contributed by atoms with Crippen LogP contribution in [0.3, 0.4) is 0 Å². The average Bonchev–Trinajstić information content (AvgIpc) is 2.77. The number of unbranched alkanes of at least 4 members (excludes halogenated alkanes) is 18. The topological polar surface area (TPSA) is 0 Å². The van der Waals surface area contributed by atoms with Gasteiger partial charge in [0.05, 0.1) is 26.2 Å². The van der Waals surface area contributed by atoms with Gasteiger partial charge in [-0.3, -0.25) is 0 Å². The maximum absolute atomic E-state index is 4.08. The molecule has 0 aliphatic heterocycles. The molecule has 0 aliphatic rings. The van der Waals surface area contributed by atoms with Gasteiger partial charge >= 0.3 is 0 Å². The van der Waals surface area contributed by atoms with Crippen molar-refractivity contribution < 1.29 is 16.9 Å². The van der Waals surface area contributed by atoms with Crippen molar-refractivity contribution in [3.05, 3.63) is 25.3 Å². The number of hydrogen-bond acceptors (Lipinski definition) is 0. The average molecular weight is 470 g/mol. The molecule has 0 saturated carbocycles. The standard InChI is InChI=1S/C30H60N.ClH/c1-5-9-11-13-15-17-19-21-23-25-29-31(27-7-3,28-8-4)30-26-24-22-20-18-16-14-12-10-6-2;/h7-8H,3-6,9-30H2,1-2H3;1H/q+1;/p-1. The molecule has 0 aromatic rings. The van der Waals surface area contributed by atoms with Gasteiger partial charge in [-0.2, -0.15) is 0 Å². The molecule has 0 spiro atoms. The number of halogens is 1. The summed E-state index contributed by atoms with van der Waals surface area (Å²) in [5.41, 5.74) is 0. The summed E-state index contributed by atoms with van der Waals surface area (Å²) in [5.74, 6) is 0. The van der Waals surface area contributed by atoms with Crippen LogP contribution in [0.2, 0.25) is 0 Å². The molecule has 0 aromatic heterocycles. The van der Waals surface area contributed by atoms with Crippen LogP contribution >= 0.6 is 0 Å². The normalized spacial score (nSPS) is 11.3. The highest BCUT2D eigenvalue weighted by molar-refractivity contribution is 4.72. The van der Waals surface area contributed by atoms with Gasteiger partial charge in [0.1, 0.15) is 0 Å². The second-order valence-corrected chi connectivity index (χ2v) is 10.1. The molecule has 0 radical (unpaired) electrons. The van der Waals surface area contributed by atoms with E-state index in [9.17, 15) is 0 Å². The van der Waals surface area contributed by atoms with Gasteiger partial charge < -0.3 is 16.9 Å². The van der Waals surface area contributed by atoms with Gasteiger partial charge in [-0.05, 0) is 37.8 Å². The molecule has 2 heteroatoms. The monoisotopic (exact) mass is 469 g/mol. The van der Waals surface area contributed by atoms with Crippen molar-refractivity contribution >= 4 is 0 Å². The molecule has 0 atom stereocenters. The summed E-state index contributed by atoms with van der Waals surface area (Å²) in [4.78, 5) is 0. The first-order valence-electron chi connectivity index (χ1n) is 14.3. The summed E-state index contributed by atoms with van der Waals surface area (Å²) in [6, 6.07) is 0. The Morgan fingerprint density at radius 3 is 0.938 bits per heavy atom. The van der Waals surface area contributed by atoms with Crippen molar-refractivity contribution in [2.75, 3.05) is 26.2 Å². The van der Waals surface area contributed by atoms with Crippen molar-refractivity contribution in [2.24, 2.45) is 0 Å². The maximum Gasteiger partial charge on any atom is 0.0973 e. The Kier molecular flexibility index (Phi) is 28.6. The summed E-state index contributed by atoms with van der Waals surface area (Å²) in [7, 11) is 0. The smallest absolute Gasteiger partial charge is 0.0973 e. The Morgan fingerprint density at radius 2 is 0.688 bits per heavy atom. The van der Waals surface area contributed by atoms with E-state index >= 15 is 0 Å². The Bertz CT molecular complexity index is 343. The molecule has 0 N–H and O–H groups in total. The van der Waals surface area contributed by atoms with E-state index in [1.54, 1.807) is 0 Å². The Balaban J connectivity index is 0. The third-order valence-corrected chi connectivity index (χ3v) is 7.00. The molecule has 1 nitrogen and oxygen atoms in total. The maximum atomic E-state index is 4.08. The summed E-state index contributed by atoms with van der Waals surface area (Å²) in [5, 5.41) is 0. The van der Waals surface area contributed by atoms with Crippen LogP contribution in [0, 0.1) is 0 Å². The number of hydrogen-bond donors (Lipinski definition) is 0. The highest BCUT2D eigenvalue weighted by Crippen LogP contribution is 2.17. The minimum Gasteiger partial charge on any atom is -1.00 e. The van der Waals surface area contributed by atoms with Crippen LogP contribution < -0.4 is 12.4 Å². The van der Waals surface area contributed by atoms with Crippen LogP contribution in [0.4, 0.5) is 0 Å². The molecule has 0 aliphatic carbocycles. The highest BCUT2D eigenvalue weighted by Gasteiger charge is 2.23. The molecule has 0 heterocycles. The van der Waals surface area contributed by atoms with Gasteiger partial charge in [-0.1, -0.05) is 130 Å². The SMILES string of the molecule is C=CC[N+](CC=C)(CCCCCCCCCCCC)CCCCCCCCCCCC.[Cl-]. The van der Waals surface area contributed by atoms with E-state index < -0.39 is 0 Å². The largest absolute Gasteiger partial charge is 1.00 e. The van der Waals surface area contributed by atoms with E-state index in [1.807, 2.05) is 0 Å². The molecule has 0 bridgehead atoms. The molecule has 0 fully saturated rings. The highest BCUT2D eigenvalue weighted by atomic mass is 35.5. The second kappa shape index (κ2) is 27.0. The van der Waals surface area contributed by atoms with Crippen LogP contribution in [0.25, 0.3) is 0 Å². The van der Waals surface area contributed by atoms with Crippen LogP contribution in [-0.4, -0.2) is 30.7 Å². The fourth-order valence-corrected chi connectivity index (χ4v) is 4.97. The lowest BCUT2D eigenvalue weighted by Gasteiger charge is -2.37. The van der Waals surface area contributed by atoms with E-state index in [0.29, 0.717) is 0 Å². The zero-order valence-electron chi connectivity index (χ0n) is 22.4. The third kappa shape index (κ3) is 21.6. The molecule has 0 amide bonds. The third-order valence-electron chi connectivity index (χ3n) is 7.00. The van der Waals surface area contributed by atoms with Crippen molar-refractivity contribution in [1.29, 1.82) is 0 Å². The molecular formula is C30H60ClN. The number of quaternary nitrogens is 1. The summed E-state index contributed by atoms with van der Waals surface area (Å²) < 4.78 is 1.20. The van der Waals surface area contributed by atoms with Crippen molar-refractivity contribution in [3.8, 4) is 0 Å². The summed E-state index contributed by atoms with van der Waals surface area (Å²) in [6.45, 7) is 17.6. The zero-order chi connectivity index (χ0) is 22.9. The number of nitrogens with zero attached hydrogens (tertiary/aromatic N) is 1. The van der Waals surface area contributed by atoms with Gasteiger partial charge in [0.15, 0.2) is 0 Å². The van der Waals surface area contributed by atoms with Gasteiger partial charge in [-0.15, -0.1) is 0 Å². The molecule has 0 unspecified atom stereocenters. The Morgan fingerprint density at radius 1 is 0.438 bits per heavy atom. The van der Waals surface area contributed by atoms with Crippen LogP contribution in [0.1, 0.15) is 142 Å². The lowest BCUT2D eigenvalue weighted by Crippen LogP contribution is -3.00. The summed E-state index contributed by atoms with van der Waals surface area (Å²) >= 11 is 0. The van der Waals surface area contributed by atoms with E-state index in [2.05, 4.69) is 39.2 Å². The Hall–Kier alpha value is -0.270. The predicted octanol–water partition coefficient (Wildman–Crippen LogP) is 7.02. The van der Waals surface area contributed by atoms with E-state index in [0.717, 1.165) is 13.1 Å². The molecule has 0 rings (SSSR count). The minimum absolute atomic E-state index is 0. The predicted molar refractivity (Wildman–Crippen MR) is 144 cm³/mol. The molecule has 0 saturated heterocycles. The fourth-order valence-electron chi connectivity index (χ4n) is 4.97. The zero-order valence-corrected chi connectivity index (χ0v) is 23.1. The first-order valence-corrected chi connectivity index (χ1v) is 14.3. The van der Waals surface area contributed by atoms with Gasteiger partial charge in [0, 0.05) is 0 Å². The van der Waals surface area contributed by atoms with E-state index in [-0.39, 0.29) is 12.4 Å². The first kappa shape index (κ1) is 33.9. The van der Waals surface area contributed by atoms with E-state index in [4.69, 9.17) is 0 Å². The fraction of sp³-hybridized carbons (Fsp3) is 0.867. The first-order chi connectivity index (χ1) is 15.2. The Labute approximate surface area is 210 Å². The summed E-state index contributed by atoms with van der Waals surface area (Å²) in [6.07, 6.45) is 32.7. The van der Waals surface area contributed by atoms with Crippen molar-refractivity contribution in [3.63, 3.8) is 0 Å². The van der Waals surface area contributed by atoms with Gasteiger partial charge in [0.25, 0.3) is 0 Å². The lowest BCUT2D eigenvalue weighted by molar-refractivity contribution is -0.917. The van der Waals surface area contributed by atoms with Crippen LogP contribution in [-0.2, 0) is 0 Å². The quantitative estimate of drug-likeness (QED) is 0.0724. The molecule has 0 aromatic carbocycles. The van der Waals surface area contributed by atoms with Gasteiger partial charge in [0.2, 0.25) is 0 Å². The lowest BCUT2D eigenvalue weighted by atomic mass is 10.0. The van der Waals surface area contributed by atoms with Crippen molar-refractivity contribution in [1.82, 2.24) is 0 Å². The van der Waals surface area contributed by atoms with Crippen LogP contribution in [0.15, 0.2) is 25.3 Å². The minimum atomic E-state index is 0. The van der Waals surface area contributed by atoms with E-state index in [1.165, 1.54) is 146 Å². The molecule has 192 valence electrons. The second-order valence-electron chi connectivity index (χ2n) is 10.1. The van der Waals surface area contributed by atoms with Crippen molar-refractivity contribution in [2.45, 2.75) is 142 Å².